The normalized spacial score (nSPS) is 17.0. The van der Waals surface area contributed by atoms with Gasteiger partial charge in [0.15, 0.2) is 0 Å². The van der Waals surface area contributed by atoms with Gasteiger partial charge in [0, 0.05) is 12.4 Å². The molecule has 1 aliphatic heterocycles. The molecule has 26 heavy (non-hydrogen) atoms. The van der Waals surface area contributed by atoms with Gasteiger partial charge < -0.3 is 15.4 Å². The Kier molecular flexibility index (Phi) is 6.61. The molecule has 0 bridgehead atoms. The second-order valence-corrected chi connectivity index (χ2v) is 6.28. The second kappa shape index (κ2) is 8.51. The summed E-state index contributed by atoms with van der Waals surface area (Å²) in [5.74, 6) is -0.132. The van der Waals surface area contributed by atoms with Crippen molar-refractivity contribution in [1.82, 2.24) is 20.4 Å². The fourth-order valence-electron chi connectivity index (χ4n) is 3.44. The van der Waals surface area contributed by atoms with Crippen LogP contribution in [0.5, 0.6) is 5.75 Å². The molecule has 3 rings (SSSR count). The van der Waals surface area contributed by atoms with Crippen LogP contribution in [0, 0.1) is 5.82 Å². The van der Waals surface area contributed by atoms with Gasteiger partial charge in [-0.05, 0) is 51.1 Å². The first kappa shape index (κ1) is 20.2. The summed E-state index contributed by atoms with van der Waals surface area (Å²) in [7, 11) is 1.49. The van der Waals surface area contributed by atoms with E-state index >= 15 is 0 Å². The van der Waals surface area contributed by atoms with E-state index in [0.717, 1.165) is 13.1 Å². The third kappa shape index (κ3) is 3.68. The molecule has 2 aromatic rings. The molecule has 1 aromatic carbocycles. The van der Waals surface area contributed by atoms with Gasteiger partial charge >= 0.3 is 0 Å². The van der Waals surface area contributed by atoms with Gasteiger partial charge in [-0.25, -0.2) is 4.39 Å². The van der Waals surface area contributed by atoms with E-state index in [1.54, 1.807) is 42.2 Å². The van der Waals surface area contributed by atoms with E-state index in [0.29, 0.717) is 24.2 Å². The van der Waals surface area contributed by atoms with Crippen molar-refractivity contribution in [2.75, 3.05) is 20.2 Å². The third-order valence-electron chi connectivity index (χ3n) is 4.81. The van der Waals surface area contributed by atoms with Crippen LogP contribution in [0.4, 0.5) is 4.39 Å². The first-order chi connectivity index (χ1) is 12.1. The Bertz CT molecular complexity index is 733. The van der Waals surface area contributed by atoms with Crippen LogP contribution in [-0.2, 0) is 10.3 Å². The molecule has 1 aromatic heterocycles. The number of halogens is 2. The van der Waals surface area contributed by atoms with Gasteiger partial charge in [-0.15, -0.1) is 12.4 Å². The molecule has 1 fully saturated rings. The zero-order valence-electron chi connectivity index (χ0n) is 14.9. The lowest BCUT2D eigenvalue weighted by Gasteiger charge is -2.37. The molecule has 1 atom stereocenters. The van der Waals surface area contributed by atoms with Gasteiger partial charge in [0.2, 0.25) is 5.91 Å². The molecule has 1 amide bonds. The first-order valence-corrected chi connectivity index (χ1v) is 8.43. The number of rotatable bonds is 5. The highest BCUT2D eigenvalue weighted by Crippen LogP contribution is 2.31. The number of nitrogens with zero attached hydrogens (tertiary/aromatic N) is 2. The summed E-state index contributed by atoms with van der Waals surface area (Å²) in [4.78, 5) is 13.2. The molecular formula is C18H24ClFN4O2. The van der Waals surface area contributed by atoms with Crippen LogP contribution in [0.3, 0.4) is 0 Å². The van der Waals surface area contributed by atoms with Crippen molar-refractivity contribution in [2.24, 2.45) is 0 Å². The highest BCUT2D eigenvalue weighted by atomic mass is 35.5. The van der Waals surface area contributed by atoms with Crippen molar-refractivity contribution in [3.8, 4) is 5.75 Å². The Labute approximate surface area is 158 Å². The predicted molar refractivity (Wildman–Crippen MR) is 99.1 cm³/mol. The van der Waals surface area contributed by atoms with Gasteiger partial charge in [-0.2, -0.15) is 5.10 Å². The van der Waals surface area contributed by atoms with Gasteiger partial charge in [0.25, 0.3) is 0 Å². The Morgan fingerprint density at radius 2 is 2.12 bits per heavy atom. The molecule has 0 saturated carbocycles. The number of carbonyl (C=O) groups is 1. The molecule has 0 spiro atoms. The number of aromatic nitrogens is 2. The molecule has 8 heteroatoms. The van der Waals surface area contributed by atoms with Crippen molar-refractivity contribution >= 4 is 18.3 Å². The smallest absolute Gasteiger partial charge is 0.248 e. The van der Waals surface area contributed by atoms with Crippen molar-refractivity contribution in [3.63, 3.8) is 0 Å². The van der Waals surface area contributed by atoms with Crippen molar-refractivity contribution in [2.45, 2.75) is 31.3 Å². The minimum atomic E-state index is -0.762. The zero-order chi connectivity index (χ0) is 17.9. The van der Waals surface area contributed by atoms with E-state index in [2.05, 4.69) is 15.7 Å². The van der Waals surface area contributed by atoms with E-state index in [4.69, 9.17) is 4.74 Å². The number of amides is 1. The quantitative estimate of drug-likeness (QED) is 0.833. The fraction of sp³-hybridized carbons (Fsp3) is 0.444. The molecule has 0 radical (unpaired) electrons. The Morgan fingerprint density at radius 3 is 2.73 bits per heavy atom. The topological polar surface area (TPSA) is 68.2 Å². The minimum absolute atomic E-state index is 0. The Morgan fingerprint density at radius 1 is 1.38 bits per heavy atom. The average molecular weight is 383 g/mol. The highest BCUT2D eigenvalue weighted by molar-refractivity contribution is 5.85. The summed E-state index contributed by atoms with van der Waals surface area (Å²) < 4.78 is 21.3. The number of nitrogens with one attached hydrogen (secondary N) is 2. The largest absolute Gasteiger partial charge is 0.496 e. The molecule has 1 saturated heterocycles. The molecule has 142 valence electrons. The summed E-state index contributed by atoms with van der Waals surface area (Å²) in [6.45, 7) is 3.21. The number of hydrogen-bond acceptors (Lipinski definition) is 4. The summed E-state index contributed by atoms with van der Waals surface area (Å²) in [5.41, 5.74) is -0.412. The van der Waals surface area contributed by atoms with Gasteiger partial charge in [0.05, 0.1) is 18.7 Å². The van der Waals surface area contributed by atoms with E-state index in [1.807, 2.05) is 0 Å². The van der Waals surface area contributed by atoms with Crippen LogP contribution >= 0.6 is 12.4 Å². The number of piperidine rings is 1. The monoisotopic (exact) mass is 382 g/mol. The highest BCUT2D eigenvalue weighted by Gasteiger charge is 2.42. The summed E-state index contributed by atoms with van der Waals surface area (Å²) in [6.07, 6.45) is 4.73. The van der Waals surface area contributed by atoms with Gasteiger partial charge in [-0.1, -0.05) is 6.07 Å². The van der Waals surface area contributed by atoms with Crippen LogP contribution < -0.4 is 15.4 Å². The van der Waals surface area contributed by atoms with Crippen LogP contribution in [0.25, 0.3) is 0 Å². The lowest BCUT2D eigenvalue weighted by Crippen LogP contribution is -2.55. The minimum Gasteiger partial charge on any atom is -0.496 e. The maximum atomic E-state index is 14.3. The lowest BCUT2D eigenvalue weighted by molar-refractivity contribution is -0.132. The van der Waals surface area contributed by atoms with Crippen LogP contribution in [0.15, 0.2) is 36.7 Å². The maximum absolute atomic E-state index is 14.3. The first-order valence-electron chi connectivity index (χ1n) is 8.43. The number of benzene rings is 1. The summed E-state index contributed by atoms with van der Waals surface area (Å²) in [5, 5.41) is 10.5. The lowest BCUT2D eigenvalue weighted by atomic mass is 9.87. The molecule has 2 heterocycles. The van der Waals surface area contributed by atoms with Crippen LogP contribution in [0.1, 0.15) is 31.4 Å². The summed E-state index contributed by atoms with van der Waals surface area (Å²) >= 11 is 0. The van der Waals surface area contributed by atoms with Crippen LogP contribution in [0.2, 0.25) is 0 Å². The third-order valence-corrected chi connectivity index (χ3v) is 4.81. The molecule has 1 aliphatic rings. The second-order valence-electron chi connectivity index (χ2n) is 6.28. The summed E-state index contributed by atoms with van der Waals surface area (Å²) in [6, 6.07) is 5.93. The van der Waals surface area contributed by atoms with Crippen molar-refractivity contribution in [3.05, 3.63) is 48.0 Å². The van der Waals surface area contributed by atoms with E-state index < -0.39 is 17.4 Å². The predicted octanol–water partition coefficient (Wildman–Crippen LogP) is 2.41. The average Bonchev–Trinajstić information content (AvgIpc) is 3.17. The van der Waals surface area contributed by atoms with Gasteiger partial charge in [0.1, 0.15) is 17.1 Å². The van der Waals surface area contributed by atoms with Crippen molar-refractivity contribution < 1.29 is 13.9 Å². The molecular weight excluding hydrogens is 359 g/mol. The fourth-order valence-corrected chi connectivity index (χ4v) is 3.44. The van der Waals surface area contributed by atoms with Gasteiger partial charge in [-0.3, -0.25) is 9.48 Å². The van der Waals surface area contributed by atoms with E-state index in [9.17, 15) is 9.18 Å². The standard InChI is InChI=1S/C18H23FN4O2.ClH/c1-13(16-14(19)5-3-6-15(16)25-2)22-17(24)18(7-10-20-11-8-18)23-12-4-9-21-23;/h3-6,9,12-13,20H,7-8,10-11H2,1-2H3,(H,22,24);1H. The number of carbonyl (C=O) groups excluding carboxylic acids is 1. The van der Waals surface area contributed by atoms with Crippen molar-refractivity contribution in [1.29, 1.82) is 0 Å². The maximum Gasteiger partial charge on any atom is 0.248 e. The molecule has 2 N–H and O–H groups in total. The van der Waals surface area contributed by atoms with E-state index in [1.165, 1.54) is 13.2 Å². The van der Waals surface area contributed by atoms with E-state index in [-0.39, 0.29) is 18.3 Å². The molecule has 6 nitrogen and oxygen atoms in total. The van der Waals surface area contributed by atoms with Crippen LogP contribution in [-0.4, -0.2) is 35.9 Å². The Balaban J connectivity index is 0.00000243. The SMILES string of the molecule is COc1cccc(F)c1C(C)NC(=O)C1(n2cccn2)CCNCC1.Cl. The molecule has 0 aliphatic carbocycles. The zero-order valence-corrected chi connectivity index (χ0v) is 15.7. The molecule has 1 unspecified atom stereocenters. The Hall–Kier alpha value is -2.12. The number of methoxy groups -OCH3 is 1. The number of hydrogen-bond donors (Lipinski definition) is 2. The number of ether oxygens (including phenoxy) is 1.